The van der Waals surface area contributed by atoms with E-state index in [1.54, 1.807) is 12.1 Å². The Bertz CT molecular complexity index is 748. The Morgan fingerprint density at radius 3 is 2.00 bits per heavy atom. The van der Waals surface area contributed by atoms with E-state index in [9.17, 15) is 9.90 Å². The number of esters is 1. The van der Waals surface area contributed by atoms with Crippen molar-refractivity contribution in [2.45, 2.75) is 79.5 Å². The normalized spacial score (nSPS) is 12.0. The molecule has 0 aromatic heterocycles. The Morgan fingerprint density at radius 2 is 1.57 bits per heavy atom. The second-order valence-electron chi connectivity index (χ2n) is 8.45. The van der Waals surface area contributed by atoms with E-state index >= 15 is 0 Å². The molecular weight excluding hydrogens is 374 g/mol. The third kappa shape index (κ3) is 8.68. The van der Waals surface area contributed by atoms with Crippen LogP contribution in [0.2, 0.25) is 0 Å². The molecule has 0 bridgehead atoms. The van der Waals surface area contributed by atoms with Crippen molar-refractivity contribution in [2.24, 2.45) is 5.92 Å². The van der Waals surface area contributed by atoms with Crippen molar-refractivity contribution < 1.29 is 14.6 Å². The SMILES string of the molecule is CC(C)NC(C)C.CC[C@H](c1ccccc1)c1cc(CO)ccc1OC(=O)C(C)C. The molecule has 0 saturated heterocycles. The highest BCUT2D eigenvalue weighted by Gasteiger charge is 2.20. The molecule has 0 aliphatic carbocycles. The van der Waals surface area contributed by atoms with Gasteiger partial charge in [-0.1, -0.05) is 84.9 Å². The number of hydrogen-bond donors (Lipinski definition) is 2. The number of carbonyl (C=O) groups excluding carboxylic acids is 1. The van der Waals surface area contributed by atoms with E-state index < -0.39 is 0 Å². The van der Waals surface area contributed by atoms with Crippen LogP contribution in [0.3, 0.4) is 0 Å². The number of aliphatic hydroxyl groups is 1. The minimum Gasteiger partial charge on any atom is -0.426 e. The van der Waals surface area contributed by atoms with Crippen molar-refractivity contribution in [3.8, 4) is 5.75 Å². The van der Waals surface area contributed by atoms with Crippen LogP contribution >= 0.6 is 0 Å². The average Bonchev–Trinajstić information content (AvgIpc) is 2.69. The summed E-state index contributed by atoms with van der Waals surface area (Å²) in [5, 5.41) is 12.7. The summed E-state index contributed by atoms with van der Waals surface area (Å²) in [5.74, 6) is 0.275. The van der Waals surface area contributed by atoms with Crippen LogP contribution in [0.4, 0.5) is 0 Å². The first-order chi connectivity index (χ1) is 14.2. The molecule has 166 valence electrons. The zero-order valence-electron chi connectivity index (χ0n) is 19.6. The van der Waals surface area contributed by atoms with Crippen LogP contribution in [0.25, 0.3) is 0 Å². The second kappa shape index (κ2) is 13.2. The molecule has 0 heterocycles. The molecular formula is C26H39NO3. The van der Waals surface area contributed by atoms with Gasteiger partial charge in [0.1, 0.15) is 5.75 Å². The van der Waals surface area contributed by atoms with E-state index in [1.165, 1.54) is 5.56 Å². The number of hydrogen-bond acceptors (Lipinski definition) is 4. The number of ether oxygens (including phenoxy) is 1. The van der Waals surface area contributed by atoms with E-state index in [1.807, 2.05) is 38.1 Å². The van der Waals surface area contributed by atoms with Crippen LogP contribution < -0.4 is 10.1 Å². The molecule has 0 amide bonds. The van der Waals surface area contributed by atoms with Crippen molar-refractivity contribution >= 4 is 5.97 Å². The minimum absolute atomic E-state index is 0.0311. The fourth-order valence-electron chi connectivity index (χ4n) is 3.27. The summed E-state index contributed by atoms with van der Waals surface area (Å²) < 4.78 is 5.59. The highest BCUT2D eigenvalue weighted by Crippen LogP contribution is 2.35. The summed E-state index contributed by atoms with van der Waals surface area (Å²) in [5.41, 5.74) is 2.94. The predicted octanol–water partition coefficient (Wildman–Crippen LogP) is 5.68. The van der Waals surface area contributed by atoms with Gasteiger partial charge >= 0.3 is 5.97 Å². The monoisotopic (exact) mass is 413 g/mol. The van der Waals surface area contributed by atoms with E-state index in [0.717, 1.165) is 17.5 Å². The first kappa shape index (κ1) is 25.9. The fraction of sp³-hybridized carbons (Fsp3) is 0.500. The van der Waals surface area contributed by atoms with Crippen molar-refractivity contribution in [2.75, 3.05) is 0 Å². The van der Waals surface area contributed by atoms with Gasteiger partial charge in [-0.25, -0.2) is 0 Å². The molecule has 0 radical (unpaired) electrons. The molecule has 30 heavy (non-hydrogen) atoms. The quantitative estimate of drug-likeness (QED) is 0.432. The Morgan fingerprint density at radius 1 is 0.967 bits per heavy atom. The maximum atomic E-state index is 12.0. The molecule has 4 nitrogen and oxygen atoms in total. The molecule has 0 aliphatic rings. The molecule has 0 fully saturated rings. The topological polar surface area (TPSA) is 58.6 Å². The zero-order chi connectivity index (χ0) is 22.7. The highest BCUT2D eigenvalue weighted by atomic mass is 16.5. The van der Waals surface area contributed by atoms with Gasteiger partial charge in [0.2, 0.25) is 0 Å². The molecule has 2 aromatic carbocycles. The maximum absolute atomic E-state index is 12.0. The van der Waals surface area contributed by atoms with Gasteiger partial charge in [-0.05, 0) is 29.7 Å². The number of rotatable bonds is 8. The average molecular weight is 414 g/mol. The van der Waals surface area contributed by atoms with Crippen molar-refractivity contribution in [3.05, 3.63) is 65.2 Å². The van der Waals surface area contributed by atoms with Crippen LogP contribution in [0.1, 0.15) is 77.5 Å². The van der Waals surface area contributed by atoms with Gasteiger partial charge in [0.15, 0.2) is 0 Å². The lowest BCUT2D eigenvalue weighted by molar-refractivity contribution is -0.137. The van der Waals surface area contributed by atoms with Gasteiger partial charge in [0.25, 0.3) is 0 Å². The molecule has 2 N–H and O–H groups in total. The lowest BCUT2D eigenvalue weighted by Crippen LogP contribution is -2.29. The highest BCUT2D eigenvalue weighted by molar-refractivity contribution is 5.75. The Balaban J connectivity index is 0.000000553. The van der Waals surface area contributed by atoms with Crippen LogP contribution in [0.15, 0.2) is 48.5 Å². The molecule has 0 aliphatic heterocycles. The summed E-state index contributed by atoms with van der Waals surface area (Å²) in [7, 11) is 0. The van der Waals surface area contributed by atoms with Crippen LogP contribution in [-0.2, 0) is 11.4 Å². The molecule has 0 saturated carbocycles. The number of aliphatic hydroxyl groups excluding tert-OH is 1. The largest absolute Gasteiger partial charge is 0.426 e. The van der Waals surface area contributed by atoms with E-state index in [4.69, 9.17) is 4.74 Å². The zero-order valence-corrected chi connectivity index (χ0v) is 19.6. The van der Waals surface area contributed by atoms with Crippen LogP contribution in [0, 0.1) is 5.92 Å². The van der Waals surface area contributed by atoms with Gasteiger partial charge in [-0.2, -0.15) is 0 Å². The molecule has 2 rings (SSSR count). The van der Waals surface area contributed by atoms with Crippen LogP contribution in [0.5, 0.6) is 5.75 Å². The van der Waals surface area contributed by atoms with E-state index in [0.29, 0.717) is 17.8 Å². The minimum atomic E-state index is -0.245. The Hall–Kier alpha value is -2.17. The molecule has 0 spiro atoms. The first-order valence-corrected chi connectivity index (χ1v) is 11.0. The summed E-state index contributed by atoms with van der Waals surface area (Å²) >= 11 is 0. The van der Waals surface area contributed by atoms with Crippen molar-refractivity contribution in [1.82, 2.24) is 5.32 Å². The number of carbonyl (C=O) groups is 1. The number of nitrogens with one attached hydrogen (secondary N) is 1. The Labute approximate surface area is 182 Å². The van der Waals surface area contributed by atoms with Gasteiger partial charge < -0.3 is 15.2 Å². The van der Waals surface area contributed by atoms with Crippen molar-refractivity contribution in [3.63, 3.8) is 0 Å². The number of benzene rings is 2. The van der Waals surface area contributed by atoms with E-state index in [2.05, 4.69) is 52.1 Å². The van der Waals surface area contributed by atoms with Gasteiger partial charge in [-0.15, -0.1) is 0 Å². The standard InChI is InChI=1S/C20H24O3.C6H15N/c1-4-17(16-8-6-5-7-9-16)18-12-15(13-21)10-11-19(18)23-20(22)14(2)3;1-5(2)7-6(3)4/h5-12,14,17,21H,4,13H2,1-3H3;5-7H,1-4H3/t17-;/m1./s1. The first-order valence-electron chi connectivity index (χ1n) is 11.0. The predicted molar refractivity (Wildman–Crippen MR) is 125 cm³/mol. The smallest absolute Gasteiger partial charge is 0.313 e. The van der Waals surface area contributed by atoms with Crippen LogP contribution in [-0.4, -0.2) is 23.2 Å². The summed E-state index contributed by atoms with van der Waals surface area (Å²) in [6.07, 6.45) is 0.880. The lowest BCUT2D eigenvalue weighted by Gasteiger charge is -2.20. The summed E-state index contributed by atoms with van der Waals surface area (Å²) in [6, 6.07) is 16.9. The van der Waals surface area contributed by atoms with Gasteiger partial charge in [0.05, 0.1) is 12.5 Å². The van der Waals surface area contributed by atoms with Gasteiger partial charge in [-0.3, -0.25) is 4.79 Å². The van der Waals surface area contributed by atoms with E-state index in [-0.39, 0.29) is 24.4 Å². The summed E-state index contributed by atoms with van der Waals surface area (Å²) in [6.45, 7) is 14.3. The molecule has 1 atom stereocenters. The Kier molecular flexibility index (Phi) is 11.4. The van der Waals surface area contributed by atoms with Gasteiger partial charge in [0, 0.05) is 23.6 Å². The molecule has 2 aromatic rings. The molecule has 0 unspecified atom stereocenters. The molecule has 4 heteroatoms. The third-order valence-electron chi connectivity index (χ3n) is 4.59. The summed E-state index contributed by atoms with van der Waals surface area (Å²) in [4.78, 5) is 12.0. The second-order valence-corrected chi connectivity index (χ2v) is 8.45. The lowest BCUT2D eigenvalue weighted by atomic mass is 9.87. The fourth-order valence-corrected chi connectivity index (χ4v) is 3.27. The van der Waals surface area contributed by atoms with Crippen molar-refractivity contribution in [1.29, 1.82) is 0 Å². The third-order valence-corrected chi connectivity index (χ3v) is 4.59. The maximum Gasteiger partial charge on any atom is 0.313 e.